The summed E-state index contributed by atoms with van der Waals surface area (Å²) in [5.41, 5.74) is 3.42. The molecule has 1 fully saturated rings. The molecular formula is C12H12Cl2. The third-order valence-electron chi connectivity index (χ3n) is 3.86. The van der Waals surface area contributed by atoms with Crippen molar-refractivity contribution in [2.24, 2.45) is 5.92 Å². The molecule has 1 spiro atoms. The molecular weight excluding hydrogens is 215 g/mol. The average Bonchev–Trinajstić information content (AvgIpc) is 2.78. The summed E-state index contributed by atoms with van der Waals surface area (Å²) in [4.78, 5) is 0. The van der Waals surface area contributed by atoms with E-state index in [4.69, 9.17) is 23.2 Å². The second-order valence-electron chi connectivity index (χ2n) is 4.51. The third-order valence-corrected chi connectivity index (χ3v) is 4.47. The van der Waals surface area contributed by atoms with Gasteiger partial charge in [-0.05, 0) is 48.4 Å². The number of halogens is 2. The van der Waals surface area contributed by atoms with Crippen LogP contribution in [-0.2, 0) is 11.8 Å². The van der Waals surface area contributed by atoms with Crippen LogP contribution in [0.4, 0.5) is 0 Å². The SMILES string of the molecule is ClCC1CC12CCc1cc(Cl)ccc12. The Morgan fingerprint density at radius 2 is 2.29 bits per heavy atom. The highest BCUT2D eigenvalue weighted by molar-refractivity contribution is 6.30. The van der Waals surface area contributed by atoms with E-state index in [9.17, 15) is 0 Å². The van der Waals surface area contributed by atoms with Gasteiger partial charge < -0.3 is 0 Å². The third kappa shape index (κ3) is 1.07. The molecule has 2 unspecified atom stereocenters. The maximum absolute atomic E-state index is 5.98. The van der Waals surface area contributed by atoms with Crippen LogP contribution in [0.25, 0.3) is 0 Å². The lowest BCUT2D eigenvalue weighted by Crippen LogP contribution is -2.05. The van der Waals surface area contributed by atoms with Gasteiger partial charge in [0.15, 0.2) is 0 Å². The van der Waals surface area contributed by atoms with Crippen molar-refractivity contribution in [2.45, 2.75) is 24.7 Å². The molecule has 0 aromatic heterocycles. The molecule has 74 valence electrons. The maximum atomic E-state index is 5.98. The monoisotopic (exact) mass is 226 g/mol. The maximum Gasteiger partial charge on any atom is 0.0408 e. The minimum atomic E-state index is 0.446. The Balaban J connectivity index is 2.04. The molecule has 2 aliphatic rings. The summed E-state index contributed by atoms with van der Waals surface area (Å²) < 4.78 is 0. The number of fused-ring (bicyclic) bond motifs is 2. The highest BCUT2D eigenvalue weighted by Gasteiger charge is 2.57. The molecule has 2 atom stereocenters. The first-order valence-electron chi connectivity index (χ1n) is 5.11. The second kappa shape index (κ2) is 2.90. The predicted molar refractivity (Wildman–Crippen MR) is 60.3 cm³/mol. The van der Waals surface area contributed by atoms with Gasteiger partial charge in [0.05, 0.1) is 0 Å². The molecule has 0 saturated heterocycles. The van der Waals surface area contributed by atoms with Gasteiger partial charge in [0.25, 0.3) is 0 Å². The highest BCUT2D eigenvalue weighted by Crippen LogP contribution is 2.61. The summed E-state index contributed by atoms with van der Waals surface area (Å²) in [5, 5.41) is 0.865. The fourth-order valence-electron chi connectivity index (χ4n) is 2.97. The predicted octanol–water partition coefficient (Wildman–Crippen LogP) is 3.78. The highest BCUT2D eigenvalue weighted by atomic mass is 35.5. The lowest BCUT2D eigenvalue weighted by Gasteiger charge is -2.09. The topological polar surface area (TPSA) is 0 Å². The molecule has 1 aromatic rings. The lowest BCUT2D eigenvalue weighted by molar-refractivity contribution is 0.625. The zero-order valence-corrected chi connectivity index (χ0v) is 9.41. The first-order chi connectivity index (χ1) is 6.76. The number of rotatable bonds is 1. The van der Waals surface area contributed by atoms with Gasteiger partial charge in [-0.2, -0.15) is 0 Å². The number of benzene rings is 1. The van der Waals surface area contributed by atoms with Gasteiger partial charge in [-0.3, -0.25) is 0 Å². The molecule has 0 aliphatic heterocycles. The fourth-order valence-corrected chi connectivity index (χ4v) is 3.57. The molecule has 2 aliphatic carbocycles. The van der Waals surface area contributed by atoms with Crippen LogP contribution in [0.3, 0.4) is 0 Å². The number of aryl methyl sites for hydroxylation is 1. The zero-order chi connectivity index (χ0) is 9.76. The summed E-state index contributed by atoms with van der Waals surface area (Å²) >= 11 is 11.9. The molecule has 0 amide bonds. The summed E-state index contributed by atoms with van der Waals surface area (Å²) in [7, 11) is 0. The lowest BCUT2D eigenvalue weighted by atomic mass is 9.96. The van der Waals surface area contributed by atoms with E-state index in [0.717, 1.165) is 10.9 Å². The smallest absolute Gasteiger partial charge is 0.0408 e. The van der Waals surface area contributed by atoms with Crippen molar-refractivity contribution in [3.8, 4) is 0 Å². The molecule has 2 heteroatoms. The largest absolute Gasteiger partial charge is 0.126 e. The van der Waals surface area contributed by atoms with Gasteiger partial charge >= 0.3 is 0 Å². The van der Waals surface area contributed by atoms with Gasteiger partial charge in [0.1, 0.15) is 0 Å². The van der Waals surface area contributed by atoms with E-state index in [1.165, 1.54) is 30.4 Å². The average molecular weight is 227 g/mol. The number of hydrogen-bond donors (Lipinski definition) is 0. The van der Waals surface area contributed by atoms with Crippen molar-refractivity contribution in [2.75, 3.05) is 5.88 Å². The van der Waals surface area contributed by atoms with Crippen molar-refractivity contribution in [3.63, 3.8) is 0 Å². The van der Waals surface area contributed by atoms with Crippen LogP contribution in [0, 0.1) is 5.92 Å². The van der Waals surface area contributed by atoms with Crippen molar-refractivity contribution >= 4 is 23.2 Å². The van der Waals surface area contributed by atoms with Gasteiger partial charge in [-0.15, -0.1) is 11.6 Å². The Morgan fingerprint density at radius 3 is 3.00 bits per heavy atom. The van der Waals surface area contributed by atoms with Crippen molar-refractivity contribution in [1.82, 2.24) is 0 Å². The quantitative estimate of drug-likeness (QED) is 0.640. The summed E-state index contributed by atoms with van der Waals surface area (Å²) in [6.45, 7) is 0. The van der Waals surface area contributed by atoms with Crippen molar-refractivity contribution < 1.29 is 0 Å². The van der Waals surface area contributed by atoms with Crippen LogP contribution in [0.2, 0.25) is 5.02 Å². The summed E-state index contributed by atoms with van der Waals surface area (Å²) in [6, 6.07) is 6.34. The van der Waals surface area contributed by atoms with Gasteiger partial charge in [0, 0.05) is 16.3 Å². The molecule has 3 rings (SSSR count). The standard InChI is InChI=1S/C12H12Cl2/c13-7-9-6-12(9)4-3-8-5-10(14)1-2-11(8)12/h1-2,5,9H,3-4,6-7H2. The second-order valence-corrected chi connectivity index (χ2v) is 5.26. The van der Waals surface area contributed by atoms with Crippen LogP contribution in [-0.4, -0.2) is 5.88 Å². The Bertz CT molecular complexity index is 386. The number of alkyl halides is 1. The minimum absolute atomic E-state index is 0.446. The number of hydrogen-bond acceptors (Lipinski definition) is 0. The molecule has 0 N–H and O–H groups in total. The first-order valence-corrected chi connectivity index (χ1v) is 6.02. The van der Waals surface area contributed by atoms with E-state index in [1.807, 2.05) is 6.07 Å². The van der Waals surface area contributed by atoms with Gasteiger partial charge in [0.2, 0.25) is 0 Å². The summed E-state index contributed by atoms with van der Waals surface area (Å²) in [6.07, 6.45) is 3.74. The van der Waals surface area contributed by atoms with E-state index < -0.39 is 0 Å². The van der Waals surface area contributed by atoms with Gasteiger partial charge in [-0.25, -0.2) is 0 Å². The molecule has 0 nitrogen and oxygen atoms in total. The van der Waals surface area contributed by atoms with E-state index >= 15 is 0 Å². The van der Waals surface area contributed by atoms with E-state index in [2.05, 4.69) is 12.1 Å². The Morgan fingerprint density at radius 1 is 1.43 bits per heavy atom. The van der Waals surface area contributed by atoms with E-state index in [0.29, 0.717) is 11.3 Å². The van der Waals surface area contributed by atoms with Gasteiger partial charge in [-0.1, -0.05) is 17.7 Å². The fraction of sp³-hybridized carbons (Fsp3) is 0.500. The van der Waals surface area contributed by atoms with Crippen LogP contribution in [0.15, 0.2) is 18.2 Å². The molecule has 0 bridgehead atoms. The van der Waals surface area contributed by atoms with E-state index in [-0.39, 0.29) is 0 Å². The van der Waals surface area contributed by atoms with Crippen LogP contribution in [0.5, 0.6) is 0 Å². The van der Waals surface area contributed by atoms with Crippen LogP contribution in [0.1, 0.15) is 24.0 Å². The molecule has 1 saturated carbocycles. The minimum Gasteiger partial charge on any atom is -0.126 e. The van der Waals surface area contributed by atoms with Crippen LogP contribution < -0.4 is 0 Å². The van der Waals surface area contributed by atoms with E-state index in [1.54, 1.807) is 0 Å². The van der Waals surface area contributed by atoms with Crippen LogP contribution >= 0.6 is 23.2 Å². The summed E-state index contributed by atoms with van der Waals surface area (Å²) in [5.74, 6) is 1.52. The first kappa shape index (κ1) is 9.06. The Kier molecular flexibility index (Phi) is 1.87. The molecule has 0 radical (unpaired) electrons. The van der Waals surface area contributed by atoms with Crippen molar-refractivity contribution in [1.29, 1.82) is 0 Å². The zero-order valence-electron chi connectivity index (χ0n) is 7.89. The molecule has 0 heterocycles. The normalized spacial score (nSPS) is 33.4. The Hall–Kier alpha value is -0.200. The Labute approximate surface area is 94.2 Å². The molecule has 1 aromatic carbocycles. The van der Waals surface area contributed by atoms with Crippen molar-refractivity contribution in [3.05, 3.63) is 34.3 Å². The molecule has 14 heavy (non-hydrogen) atoms.